The number of unbranched alkanes of at least 4 members (excludes halogenated alkanes) is 2. The fourth-order valence-electron chi connectivity index (χ4n) is 1.66. The molecule has 0 aromatic rings. The van der Waals surface area contributed by atoms with E-state index in [4.69, 9.17) is 0 Å². The van der Waals surface area contributed by atoms with Crippen LogP contribution in [0.4, 0.5) is 0 Å². The van der Waals surface area contributed by atoms with Gasteiger partial charge in [0.25, 0.3) is 0 Å². The highest BCUT2D eigenvalue weighted by molar-refractivity contribution is 5.80. The maximum absolute atomic E-state index is 11.5. The summed E-state index contributed by atoms with van der Waals surface area (Å²) in [6.07, 6.45) is 7.78. The fraction of sp³-hybridized carbons (Fsp3) is 0.917. The lowest BCUT2D eigenvalue weighted by Crippen LogP contribution is -2.13. The third kappa shape index (κ3) is 5.84. The van der Waals surface area contributed by atoms with Gasteiger partial charge in [-0.1, -0.05) is 46.5 Å². The number of ketones is 1. The molecule has 0 unspecified atom stereocenters. The van der Waals surface area contributed by atoms with Crippen LogP contribution >= 0.6 is 0 Å². The first kappa shape index (κ1) is 12.7. The number of hydrogen-bond acceptors (Lipinski definition) is 1. The van der Waals surface area contributed by atoms with E-state index in [1.54, 1.807) is 0 Å². The quantitative estimate of drug-likeness (QED) is 0.558. The highest BCUT2D eigenvalue weighted by Gasteiger charge is 2.14. The van der Waals surface area contributed by atoms with Crippen molar-refractivity contribution in [1.29, 1.82) is 0 Å². The third-order valence-corrected chi connectivity index (χ3v) is 2.62. The predicted molar refractivity (Wildman–Crippen MR) is 57.8 cm³/mol. The van der Waals surface area contributed by atoms with Gasteiger partial charge in [0.2, 0.25) is 0 Å². The Labute approximate surface area is 82.9 Å². The Kier molecular flexibility index (Phi) is 8.07. The lowest BCUT2D eigenvalue weighted by Gasteiger charge is -2.13. The van der Waals surface area contributed by atoms with Crippen LogP contribution in [0.3, 0.4) is 0 Å². The van der Waals surface area contributed by atoms with Crippen molar-refractivity contribution in [1.82, 2.24) is 0 Å². The molecular weight excluding hydrogens is 160 g/mol. The summed E-state index contributed by atoms with van der Waals surface area (Å²) in [6, 6.07) is 0. The largest absolute Gasteiger partial charge is 0.299 e. The summed E-state index contributed by atoms with van der Waals surface area (Å²) in [4.78, 5) is 11.5. The zero-order valence-electron chi connectivity index (χ0n) is 9.44. The summed E-state index contributed by atoms with van der Waals surface area (Å²) in [6.45, 7) is 6.35. The Morgan fingerprint density at radius 1 is 1.00 bits per heavy atom. The van der Waals surface area contributed by atoms with E-state index in [1.165, 1.54) is 25.7 Å². The molecule has 0 heterocycles. The van der Waals surface area contributed by atoms with Gasteiger partial charge in [0.1, 0.15) is 5.78 Å². The number of carbonyl (C=O) groups excluding carboxylic acids is 1. The lowest BCUT2D eigenvalue weighted by molar-refractivity contribution is -0.123. The van der Waals surface area contributed by atoms with Crippen molar-refractivity contribution >= 4 is 5.78 Å². The molecule has 0 aliphatic rings. The molecule has 1 heteroatoms. The molecule has 0 amide bonds. The standard InChI is InChI=1S/C12H24O/c1-4-7-9-11(10-8-5-2)12(13)6-3/h11H,4-10H2,1-3H3. The molecule has 0 saturated heterocycles. The number of hydrogen-bond donors (Lipinski definition) is 0. The fourth-order valence-corrected chi connectivity index (χ4v) is 1.66. The summed E-state index contributed by atoms with van der Waals surface area (Å²) < 4.78 is 0. The minimum Gasteiger partial charge on any atom is -0.299 e. The van der Waals surface area contributed by atoms with Crippen molar-refractivity contribution in [2.75, 3.05) is 0 Å². The van der Waals surface area contributed by atoms with Crippen molar-refractivity contribution in [3.63, 3.8) is 0 Å². The minimum absolute atomic E-state index is 0.366. The summed E-state index contributed by atoms with van der Waals surface area (Å²) in [5.74, 6) is 0.840. The molecule has 0 bridgehead atoms. The zero-order chi connectivity index (χ0) is 10.1. The maximum atomic E-state index is 11.5. The third-order valence-electron chi connectivity index (χ3n) is 2.62. The molecule has 0 aromatic carbocycles. The first-order valence-electron chi connectivity index (χ1n) is 5.78. The monoisotopic (exact) mass is 184 g/mol. The van der Waals surface area contributed by atoms with Crippen LogP contribution in [-0.2, 0) is 4.79 Å². The van der Waals surface area contributed by atoms with Crippen LogP contribution in [0.5, 0.6) is 0 Å². The molecule has 0 aromatic heterocycles. The van der Waals surface area contributed by atoms with Gasteiger partial charge in [-0.05, 0) is 12.8 Å². The average molecular weight is 184 g/mol. The Morgan fingerprint density at radius 2 is 1.46 bits per heavy atom. The lowest BCUT2D eigenvalue weighted by atomic mass is 9.91. The molecule has 0 rings (SSSR count). The number of carbonyl (C=O) groups is 1. The van der Waals surface area contributed by atoms with Crippen LogP contribution in [0, 0.1) is 5.92 Å². The maximum Gasteiger partial charge on any atom is 0.135 e. The van der Waals surface area contributed by atoms with Gasteiger partial charge in [0.15, 0.2) is 0 Å². The second kappa shape index (κ2) is 8.28. The molecule has 0 spiro atoms. The van der Waals surface area contributed by atoms with E-state index in [1.807, 2.05) is 6.92 Å². The van der Waals surface area contributed by atoms with Crippen molar-refractivity contribution in [3.05, 3.63) is 0 Å². The Morgan fingerprint density at radius 3 is 1.77 bits per heavy atom. The van der Waals surface area contributed by atoms with Gasteiger partial charge in [-0.2, -0.15) is 0 Å². The van der Waals surface area contributed by atoms with Crippen LogP contribution in [0.1, 0.15) is 65.7 Å². The van der Waals surface area contributed by atoms with Gasteiger partial charge in [0, 0.05) is 12.3 Å². The van der Waals surface area contributed by atoms with E-state index >= 15 is 0 Å². The summed E-state index contributed by atoms with van der Waals surface area (Å²) in [5, 5.41) is 0. The van der Waals surface area contributed by atoms with Gasteiger partial charge in [-0.25, -0.2) is 0 Å². The second-order valence-electron chi connectivity index (χ2n) is 3.80. The average Bonchev–Trinajstić information content (AvgIpc) is 2.17. The van der Waals surface area contributed by atoms with E-state index < -0.39 is 0 Å². The van der Waals surface area contributed by atoms with Crippen LogP contribution in [0.25, 0.3) is 0 Å². The molecule has 0 saturated carbocycles. The molecule has 0 aliphatic carbocycles. The minimum atomic E-state index is 0.366. The Hall–Kier alpha value is -0.330. The number of Topliss-reactive ketones (excluding diaryl/α,β-unsaturated/α-hetero) is 1. The van der Waals surface area contributed by atoms with E-state index in [2.05, 4.69) is 13.8 Å². The van der Waals surface area contributed by atoms with E-state index in [-0.39, 0.29) is 0 Å². The van der Waals surface area contributed by atoms with Crippen molar-refractivity contribution in [3.8, 4) is 0 Å². The van der Waals surface area contributed by atoms with Crippen LogP contribution in [0.15, 0.2) is 0 Å². The number of rotatable bonds is 8. The van der Waals surface area contributed by atoms with Gasteiger partial charge in [0.05, 0.1) is 0 Å². The summed E-state index contributed by atoms with van der Waals surface area (Å²) >= 11 is 0. The van der Waals surface area contributed by atoms with Crippen LogP contribution in [-0.4, -0.2) is 5.78 Å². The van der Waals surface area contributed by atoms with Gasteiger partial charge < -0.3 is 0 Å². The normalized spacial score (nSPS) is 10.8. The van der Waals surface area contributed by atoms with E-state index in [0.29, 0.717) is 11.7 Å². The van der Waals surface area contributed by atoms with E-state index in [9.17, 15) is 4.79 Å². The van der Waals surface area contributed by atoms with Gasteiger partial charge in [-0.3, -0.25) is 4.79 Å². The first-order valence-corrected chi connectivity index (χ1v) is 5.78. The zero-order valence-corrected chi connectivity index (χ0v) is 9.44. The molecule has 0 atom stereocenters. The Balaban J connectivity index is 3.79. The second-order valence-corrected chi connectivity index (χ2v) is 3.80. The molecule has 78 valence electrons. The molecule has 13 heavy (non-hydrogen) atoms. The van der Waals surface area contributed by atoms with E-state index in [0.717, 1.165) is 19.3 Å². The molecule has 0 aliphatic heterocycles. The highest BCUT2D eigenvalue weighted by Crippen LogP contribution is 2.18. The smallest absolute Gasteiger partial charge is 0.135 e. The Bertz CT molecular complexity index is 121. The molecule has 0 radical (unpaired) electrons. The molecule has 0 N–H and O–H groups in total. The molecular formula is C12H24O. The van der Waals surface area contributed by atoms with Crippen LogP contribution in [0.2, 0.25) is 0 Å². The van der Waals surface area contributed by atoms with Gasteiger partial charge >= 0.3 is 0 Å². The van der Waals surface area contributed by atoms with Crippen molar-refractivity contribution in [2.24, 2.45) is 5.92 Å². The summed E-state index contributed by atoms with van der Waals surface area (Å²) in [7, 11) is 0. The van der Waals surface area contributed by atoms with Crippen LogP contribution < -0.4 is 0 Å². The topological polar surface area (TPSA) is 17.1 Å². The first-order chi connectivity index (χ1) is 6.26. The highest BCUT2D eigenvalue weighted by atomic mass is 16.1. The molecule has 1 nitrogen and oxygen atoms in total. The summed E-state index contributed by atoms with van der Waals surface area (Å²) in [5.41, 5.74) is 0. The van der Waals surface area contributed by atoms with Gasteiger partial charge in [-0.15, -0.1) is 0 Å². The molecule has 0 fully saturated rings. The SMILES string of the molecule is CCCCC(CCCC)C(=O)CC. The van der Waals surface area contributed by atoms with Crippen molar-refractivity contribution in [2.45, 2.75) is 65.7 Å². The predicted octanol–water partition coefficient (Wildman–Crippen LogP) is 3.96. The van der Waals surface area contributed by atoms with Crippen molar-refractivity contribution < 1.29 is 4.79 Å².